The van der Waals surface area contributed by atoms with Gasteiger partial charge in [0.15, 0.2) is 0 Å². The third kappa shape index (κ3) is 4.22. The van der Waals surface area contributed by atoms with E-state index in [9.17, 15) is 5.11 Å². The molecule has 0 bridgehead atoms. The van der Waals surface area contributed by atoms with Gasteiger partial charge in [-0.15, -0.1) is 11.3 Å². The monoisotopic (exact) mass is 434 g/mol. The maximum Gasteiger partial charge on any atom is 0.128 e. The number of aliphatic hydroxyl groups is 1. The molecule has 3 atom stereocenters. The van der Waals surface area contributed by atoms with Gasteiger partial charge in [0.25, 0.3) is 0 Å². The maximum atomic E-state index is 10.6. The van der Waals surface area contributed by atoms with E-state index in [0.29, 0.717) is 25.1 Å². The average Bonchev–Trinajstić information content (AvgIpc) is 3.40. The van der Waals surface area contributed by atoms with Crippen LogP contribution in [0, 0.1) is 6.92 Å². The highest BCUT2D eigenvalue weighted by atomic mass is 32.1. The normalized spacial score (nSPS) is 21.0. The number of likely N-dealkylation sites (tertiary alicyclic amines) is 1. The number of aryl methyl sites for hydroxylation is 1. The summed E-state index contributed by atoms with van der Waals surface area (Å²) < 4.78 is 7.34. The number of β-amino-alcohol motifs (C(OH)–C–C–N with tert-alkyl or cyclic N) is 1. The zero-order valence-electron chi connectivity index (χ0n) is 18.2. The molecule has 4 nitrogen and oxygen atoms in total. The summed E-state index contributed by atoms with van der Waals surface area (Å²) >= 11 is 1.83. The van der Waals surface area contributed by atoms with Gasteiger partial charge in [-0.1, -0.05) is 12.1 Å². The molecule has 4 aromatic rings. The lowest BCUT2D eigenvalue weighted by Gasteiger charge is -2.38. The molecule has 2 aromatic heterocycles. The van der Waals surface area contributed by atoms with Crippen LogP contribution in [0.1, 0.15) is 36.8 Å². The first-order valence-corrected chi connectivity index (χ1v) is 12.0. The lowest BCUT2D eigenvalue weighted by Crippen LogP contribution is -2.45. The zero-order chi connectivity index (χ0) is 21.4. The van der Waals surface area contributed by atoms with Crippen molar-refractivity contribution in [1.82, 2.24) is 9.88 Å². The molecule has 1 saturated heterocycles. The number of aromatic amines is 1. The van der Waals surface area contributed by atoms with Crippen molar-refractivity contribution < 1.29 is 9.84 Å². The molecule has 5 heteroatoms. The Labute approximate surface area is 187 Å². The third-order valence-corrected chi connectivity index (χ3v) is 7.79. The van der Waals surface area contributed by atoms with Gasteiger partial charge >= 0.3 is 0 Å². The van der Waals surface area contributed by atoms with Crippen molar-refractivity contribution in [3.63, 3.8) is 0 Å². The molecule has 2 aromatic carbocycles. The number of benzene rings is 2. The van der Waals surface area contributed by atoms with Crippen LogP contribution in [0.5, 0.6) is 5.75 Å². The minimum atomic E-state index is -0.502. The maximum absolute atomic E-state index is 10.6. The Hall–Kier alpha value is -2.34. The Morgan fingerprint density at radius 1 is 1.23 bits per heavy atom. The molecule has 1 aliphatic heterocycles. The van der Waals surface area contributed by atoms with E-state index in [1.165, 1.54) is 21.2 Å². The summed E-state index contributed by atoms with van der Waals surface area (Å²) in [7, 11) is 0. The fourth-order valence-corrected chi connectivity index (χ4v) is 5.84. The number of rotatable bonds is 6. The third-order valence-electron chi connectivity index (χ3n) is 6.71. The minimum absolute atomic E-state index is 0.311. The van der Waals surface area contributed by atoms with E-state index in [4.69, 9.17) is 4.74 Å². The largest absolute Gasteiger partial charge is 0.490 e. The van der Waals surface area contributed by atoms with Crippen molar-refractivity contribution >= 4 is 32.3 Å². The quantitative estimate of drug-likeness (QED) is 0.409. The predicted octanol–water partition coefficient (Wildman–Crippen LogP) is 5.70. The van der Waals surface area contributed by atoms with Crippen molar-refractivity contribution in [2.75, 3.05) is 19.7 Å². The number of ether oxygens (including phenoxy) is 1. The molecule has 1 aliphatic rings. The lowest BCUT2D eigenvalue weighted by atomic mass is 9.85. The van der Waals surface area contributed by atoms with E-state index in [-0.39, 0.29) is 0 Å². The van der Waals surface area contributed by atoms with Gasteiger partial charge in [0, 0.05) is 34.4 Å². The number of thiophene rings is 1. The Kier molecular flexibility index (Phi) is 5.74. The molecule has 1 fully saturated rings. The van der Waals surface area contributed by atoms with Gasteiger partial charge in [0.1, 0.15) is 18.5 Å². The fourth-order valence-electron chi connectivity index (χ4n) is 4.91. The number of hydrogen-bond acceptors (Lipinski definition) is 4. The standard InChI is InChI=1S/C26H30N2O2S/c1-17-16-31-26-7-6-19(13-23(17)26)20-9-11-28(18(2)12-20)14-21(29)15-30-25-5-3-4-24-22(25)8-10-27-24/h3-8,10,13,16,18,20-21,27,29H,9,11-12,14-15H2,1-2H3/t18-,20+,21+/m1/s1. The average molecular weight is 435 g/mol. The van der Waals surface area contributed by atoms with Crippen LogP contribution in [0.3, 0.4) is 0 Å². The van der Waals surface area contributed by atoms with Gasteiger partial charge in [0.2, 0.25) is 0 Å². The SMILES string of the molecule is Cc1csc2ccc([C@H]3CCN(C[C@H](O)COc4cccc5[nH]ccc45)[C@H](C)C3)cc12. The van der Waals surface area contributed by atoms with Gasteiger partial charge in [-0.2, -0.15) is 0 Å². The highest BCUT2D eigenvalue weighted by Crippen LogP contribution is 2.35. The number of H-pyrrole nitrogens is 1. The summed E-state index contributed by atoms with van der Waals surface area (Å²) in [5.41, 5.74) is 3.90. The van der Waals surface area contributed by atoms with E-state index >= 15 is 0 Å². The van der Waals surface area contributed by atoms with Crippen LogP contribution in [0.4, 0.5) is 0 Å². The number of fused-ring (bicyclic) bond motifs is 2. The number of nitrogens with one attached hydrogen (secondary N) is 1. The number of aromatic nitrogens is 1. The molecule has 0 radical (unpaired) electrons. The summed E-state index contributed by atoms with van der Waals surface area (Å²) in [6.45, 7) is 6.46. The molecule has 5 rings (SSSR count). The van der Waals surface area contributed by atoms with Crippen molar-refractivity contribution in [2.24, 2.45) is 0 Å². The van der Waals surface area contributed by atoms with E-state index < -0.39 is 6.10 Å². The van der Waals surface area contributed by atoms with E-state index in [2.05, 4.69) is 47.3 Å². The molecule has 31 heavy (non-hydrogen) atoms. The number of aliphatic hydroxyl groups excluding tert-OH is 1. The summed E-state index contributed by atoms with van der Waals surface area (Å²) in [6.07, 6.45) is 3.68. The molecule has 0 aliphatic carbocycles. The molecule has 0 saturated carbocycles. The Morgan fingerprint density at radius 2 is 2.13 bits per heavy atom. The van der Waals surface area contributed by atoms with Gasteiger partial charge in [0.05, 0.1) is 0 Å². The molecular formula is C26H30N2O2S. The van der Waals surface area contributed by atoms with E-state index in [1.54, 1.807) is 0 Å². The smallest absolute Gasteiger partial charge is 0.128 e. The van der Waals surface area contributed by atoms with Gasteiger partial charge in [-0.3, -0.25) is 4.90 Å². The molecule has 3 heterocycles. The second kappa shape index (κ2) is 8.65. The lowest BCUT2D eigenvalue weighted by molar-refractivity contribution is 0.0406. The zero-order valence-corrected chi connectivity index (χ0v) is 19.0. The van der Waals surface area contributed by atoms with Crippen molar-refractivity contribution in [2.45, 2.75) is 44.8 Å². The first kappa shape index (κ1) is 20.6. The summed E-state index contributed by atoms with van der Waals surface area (Å²) in [5, 5.41) is 15.4. The van der Waals surface area contributed by atoms with Gasteiger partial charge in [-0.25, -0.2) is 0 Å². The topological polar surface area (TPSA) is 48.5 Å². The minimum Gasteiger partial charge on any atom is -0.490 e. The highest BCUT2D eigenvalue weighted by molar-refractivity contribution is 7.17. The Morgan fingerprint density at radius 3 is 3.00 bits per heavy atom. The van der Waals surface area contributed by atoms with Crippen molar-refractivity contribution in [1.29, 1.82) is 0 Å². The van der Waals surface area contributed by atoms with Crippen LogP contribution in [0.25, 0.3) is 21.0 Å². The van der Waals surface area contributed by atoms with E-state index in [1.807, 2.05) is 41.8 Å². The molecule has 0 spiro atoms. The van der Waals surface area contributed by atoms with Crippen LogP contribution < -0.4 is 4.74 Å². The molecule has 0 unspecified atom stereocenters. The first-order chi connectivity index (χ1) is 15.1. The molecule has 2 N–H and O–H groups in total. The molecular weight excluding hydrogens is 404 g/mol. The van der Waals surface area contributed by atoms with Crippen LogP contribution in [0.15, 0.2) is 54.0 Å². The second-order valence-electron chi connectivity index (χ2n) is 8.90. The first-order valence-electron chi connectivity index (χ1n) is 11.2. The fraction of sp³-hybridized carbons (Fsp3) is 0.385. The number of nitrogens with zero attached hydrogens (tertiary/aromatic N) is 1. The van der Waals surface area contributed by atoms with Crippen LogP contribution in [0.2, 0.25) is 0 Å². The van der Waals surface area contributed by atoms with Crippen LogP contribution in [-0.4, -0.2) is 46.8 Å². The van der Waals surface area contributed by atoms with Crippen LogP contribution >= 0.6 is 11.3 Å². The van der Waals surface area contributed by atoms with E-state index in [0.717, 1.165) is 36.0 Å². The second-order valence-corrected chi connectivity index (χ2v) is 9.81. The van der Waals surface area contributed by atoms with Gasteiger partial charge < -0.3 is 14.8 Å². The molecule has 0 amide bonds. The highest BCUT2D eigenvalue weighted by Gasteiger charge is 2.28. The van der Waals surface area contributed by atoms with Gasteiger partial charge in [-0.05, 0) is 91.4 Å². The number of hydrogen-bond donors (Lipinski definition) is 2. The Balaban J connectivity index is 1.17. The van der Waals surface area contributed by atoms with Crippen molar-refractivity contribution in [3.8, 4) is 5.75 Å². The predicted molar refractivity (Wildman–Crippen MR) is 129 cm³/mol. The molecule has 162 valence electrons. The summed E-state index contributed by atoms with van der Waals surface area (Å²) in [4.78, 5) is 5.61. The summed E-state index contributed by atoms with van der Waals surface area (Å²) in [5.74, 6) is 1.42. The summed E-state index contributed by atoms with van der Waals surface area (Å²) in [6, 6.07) is 15.4. The Bertz CT molecular complexity index is 1180. The van der Waals surface area contributed by atoms with Crippen LogP contribution in [-0.2, 0) is 0 Å². The number of piperidine rings is 1. The van der Waals surface area contributed by atoms with Crippen molar-refractivity contribution in [3.05, 3.63) is 65.2 Å².